The molecule has 1 nitrogen and oxygen atoms in total. The number of thioether (sulfide) groups is 1. The quantitative estimate of drug-likeness (QED) is 0.368. The van der Waals surface area contributed by atoms with E-state index < -0.39 is 17.5 Å². The topological polar surface area (TPSA) is 17.1 Å². The molecule has 0 bridgehead atoms. The summed E-state index contributed by atoms with van der Waals surface area (Å²) in [6, 6.07) is 11.9. The molecule has 2 aromatic rings. The Bertz CT molecular complexity index is 730. The maximum atomic E-state index is 12.6. The normalized spacial score (nSPS) is 11.3. The van der Waals surface area contributed by atoms with E-state index in [-0.39, 0.29) is 17.0 Å². The van der Waals surface area contributed by atoms with Crippen molar-refractivity contribution in [1.29, 1.82) is 0 Å². The van der Waals surface area contributed by atoms with Crippen molar-refractivity contribution < 1.29 is 18.0 Å². The minimum Gasteiger partial charge on any atom is -0.294 e. The lowest BCUT2D eigenvalue weighted by molar-refractivity contribution is -0.137. The van der Waals surface area contributed by atoms with Crippen molar-refractivity contribution in [2.75, 3.05) is 0 Å². The van der Waals surface area contributed by atoms with Gasteiger partial charge in [0.1, 0.15) is 0 Å². The van der Waals surface area contributed by atoms with Crippen LogP contribution in [-0.2, 0) is 6.18 Å². The van der Waals surface area contributed by atoms with E-state index >= 15 is 0 Å². The second-order valence-electron chi connectivity index (χ2n) is 4.58. The standard InChI is InChI=1S/C16H10ClF3OS2/c17-13-8-10(16(18,19)20)6-7-12(13)14(21)9-15(22)23-11-4-2-1-3-5-11/h1-8H,9H2. The Morgan fingerprint density at radius 3 is 2.35 bits per heavy atom. The number of carbonyl (C=O) groups excluding carboxylic acids is 1. The summed E-state index contributed by atoms with van der Waals surface area (Å²) in [5, 5.41) is -0.225. The third-order valence-electron chi connectivity index (χ3n) is 2.88. The molecule has 0 amide bonds. The molecule has 120 valence electrons. The van der Waals surface area contributed by atoms with E-state index in [9.17, 15) is 18.0 Å². The van der Waals surface area contributed by atoms with E-state index in [0.29, 0.717) is 4.20 Å². The van der Waals surface area contributed by atoms with Crippen molar-refractivity contribution in [2.24, 2.45) is 0 Å². The van der Waals surface area contributed by atoms with Gasteiger partial charge in [-0.2, -0.15) is 13.2 Å². The van der Waals surface area contributed by atoms with Crippen LogP contribution in [-0.4, -0.2) is 9.98 Å². The number of alkyl halides is 3. The van der Waals surface area contributed by atoms with Crippen LogP contribution >= 0.6 is 35.6 Å². The molecule has 0 spiro atoms. The van der Waals surface area contributed by atoms with Gasteiger partial charge in [-0.3, -0.25) is 4.79 Å². The zero-order chi connectivity index (χ0) is 17.0. The molecular weight excluding hydrogens is 365 g/mol. The highest BCUT2D eigenvalue weighted by Gasteiger charge is 2.31. The first kappa shape index (κ1) is 18.0. The molecule has 0 radical (unpaired) electrons. The molecule has 0 unspecified atom stereocenters. The lowest BCUT2D eigenvalue weighted by atomic mass is 10.1. The Kier molecular flexibility index (Phi) is 5.84. The van der Waals surface area contributed by atoms with E-state index in [0.717, 1.165) is 23.1 Å². The van der Waals surface area contributed by atoms with Gasteiger partial charge in [0.2, 0.25) is 0 Å². The van der Waals surface area contributed by atoms with E-state index in [1.807, 2.05) is 30.3 Å². The molecule has 0 aliphatic carbocycles. The van der Waals surface area contributed by atoms with Crippen LogP contribution in [0.2, 0.25) is 5.02 Å². The molecule has 0 atom stereocenters. The van der Waals surface area contributed by atoms with Gasteiger partial charge in [-0.25, -0.2) is 0 Å². The number of thiocarbonyl (C=S) groups is 1. The second-order valence-corrected chi connectivity index (χ2v) is 6.91. The number of hydrogen-bond acceptors (Lipinski definition) is 3. The summed E-state index contributed by atoms with van der Waals surface area (Å²) in [6.07, 6.45) is -4.57. The highest BCUT2D eigenvalue weighted by atomic mass is 35.5. The fraction of sp³-hybridized carbons (Fsp3) is 0.125. The molecule has 0 heterocycles. The number of carbonyl (C=O) groups is 1. The van der Waals surface area contributed by atoms with Gasteiger partial charge in [0.05, 0.1) is 21.2 Å². The third-order valence-corrected chi connectivity index (χ3v) is 4.46. The SMILES string of the molecule is O=C(CC(=S)Sc1ccccc1)c1ccc(C(F)(F)F)cc1Cl. The molecule has 2 rings (SSSR count). The maximum absolute atomic E-state index is 12.6. The van der Waals surface area contributed by atoms with E-state index in [2.05, 4.69) is 0 Å². The van der Waals surface area contributed by atoms with Crippen molar-refractivity contribution in [3.8, 4) is 0 Å². The minimum atomic E-state index is -4.50. The van der Waals surface area contributed by atoms with Gasteiger partial charge in [0, 0.05) is 10.5 Å². The summed E-state index contributed by atoms with van der Waals surface area (Å²) in [4.78, 5) is 13.1. The number of rotatable bonds is 4. The van der Waals surface area contributed by atoms with Gasteiger partial charge in [0.15, 0.2) is 5.78 Å². The maximum Gasteiger partial charge on any atom is 0.416 e. The van der Waals surface area contributed by atoms with Gasteiger partial charge in [0.25, 0.3) is 0 Å². The molecule has 0 aliphatic rings. The summed E-state index contributed by atoms with van der Waals surface area (Å²) in [5.74, 6) is -0.405. The van der Waals surface area contributed by atoms with E-state index in [1.165, 1.54) is 11.8 Å². The Morgan fingerprint density at radius 1 is 1.13 bits per heavy atom. The molecule has 0 aromatic heterocycles. The Labute approximate surface area is 145 Å². The molecule has 23 heavy (non-hydrogen) atoms. The number of halogens is 4. The highest BCUT2D eigenvalue weighted by molar-refractivity contribution is 8.23. The van der Waals surface area contributed by atoms with Crippen LogP contribution < -0.4 is 0 Å². The van der Waals surface area contributed by atoms with Crippen LogP contribution in [0.1, 0.15) is 22.3 Å². The summed E-state index contributed by atoms with van der Waals surface area (Å²) >= 11 is 12.2. The molecule has 2 aromatic carbocycles. The molecule has 0 fully saturated rings. The van der Waals surface area contributed by atoms with Crippen LogP contribution in [0.4, 0.5) is 13.2 Å². The van der Waals surface area contributed by atoms with E-state index in [1.54, 1.807) is 0 Å². The molecule has 0 saturated carbocycles. The van der Waals surface area contributed by atoms with Crippen LogP contribution in [0.3, 0.4) is 0 Å². The molecule has 0 saturated heterocycles. The van der Waals surface area contributed by atoms with E-state index in [4.69, 9.17) is 23.8 Å². The van der Waals surface area contributed by atoms with Crippen molar-refractivity contribution >= 4 is 45.6 Å². The molecular formula is C16H10ClF3OS2. The first-order valence-electron chi connectivity index (χ1n) is 6.43. The predicted molar refractivity (Wildman–Crippen MR) is 90.3 cm³/mol. The molecule has 7 heteroatoms. The average Bonchev–Trinajstić information content (AvgIpc) is 2.46. The lowest BCUT2D eigenvalue weighted by Crippen LogP contribution is -2.08. The zero-order valence-electron chi connectivity index (χ0n) is 11.6. The molecule has 0 aliphatic heterocycles. The predicted octanol–water partition coefficient (Wildman–Crippen LogP) is 6.05. The van der Waals surface area contributed by atoms with Gasteiger partial charge < -0.3 is 0 Å². The van der Waals surface area contributed by atoms with Crippen LogP contribution in [0.5, 0.6) is 0 Å². The first-order valence-corrected chi connectivity index (χ1v) is 8.03. The van der Waals surface area contributed by atoms with Crippen LogP contribution in [0.15, 0.2) is 53.4 Å². The average molecular weight is 375 g/mol. The number of ketones is 1. The van der Waals surface area contributed by atoms with Crippen LogP contribution in [0.25, 0.3) is 0 Å². The summed E-state index contributed by atoms with van der Waals surface area (Å²) in [5.41, 5.74) is -0.851. The Hall–Kier alpha value is -1.37. The molecule has 0 N–H and O–H groups in total. The van der Waals surface area contributed by atoms with Gasteiger partial charge >= 0.3 is 6.18 Å². The fourth-order valence-electron chi connectivity index (χ4n) is 1.80. The number of hydrogen-bond donors (Lipinski definition) is 0. The Morgan fingerprint density at radius 2 is 1.78 bits per heavy atom. The minimum absolute atomic E-state index is 0.0377. The van der Waals surface area contributed by atoms with Crippen molar-refractivity contribution in [3.05, 3.63) is 64.7 Å². The van der Waals surface area contributed by atoms with Crippen molar-refractivity contribution in [3.63, 3.8) is 0 Å². The number of benzene rings is 2. The van der Waals surface area contributed by atoms with Crippen molar-refractivity contribution in [1.82, 2.24) is 0 Å². The van der Waals surface area contributed by atoms with Crippen LogP contribution in [0, 0.1) is 0 Å². The first-order chi connectivity index (χ1) is 10.8. The highest BCUT2D eigenvalue weighted by Crippen LogP contribution is 2.32. The fourth-order valence-corrected chi connectivity index (χ4v) is 3.27. The second kappa shape index (κ2) is 7.47. The zero-order valence-corrected chi connectivity index (χ0v) is 14.0. The third kappa shape index (κ3) is 5.06. The summed E-state index contributed by atoms with van der Waals surface area (Å²) in [6.45, 7) is 0. The lowest BCUT2D eigenvalue weighted by Gasteiger charge is -2.09. The Balaban J connectivity index is 2.07. The number of Topliss-reactive ketones (excluding diaryl/α,β-unsaturated/α-hetero) is 1. The van der Waals surface area contributed by atoms with Gasteiger partial charge in [-0.05, 0) is 30.3 Å². The van der Waals surface area contributed by atoms with Gasteiger partial charge in [-0.1, -0.05) is 53.8 Å². The van der Waals surface area contributed by atoms with Gasteiger partial charge in [-0.15, -0.1) is 0 Å². The summed E-state index contributed by atoms with van der Waals surface area (Å²) in [7, 11) is 0. The monoisotopic (exact) mass is 374 g/mol. The van der Waals surface area contributed by atoms with Crippen molar-refractivity contribution in [2.45, 2.75) is 17.5 Å². The smallest absolute Gasteiger partial charge is 0.294 e. The largest absolute Gasteiger partial charge is 0.416 e. The summed E-state index contributed by atoms with van der Waals surface area (Å²) < 4.78 is 38.2.